The number of aryl methyl sites for hydroxylation is 2. The molecule has 1 aliphatic heterocycles. The van der Waals surface area contributed by atoms with E-state index in [0.29, 0.717) is 0 Å². The number of hydrogen-bond donors (Lipinski definition) is 1. The van der Waals surface area contributed by atoms with Gasteiger partial charge in [-0.2, -0.15) is 0 Å². The van der Waals surface area contributed by atoms with Crippen LogP contribution < -0.4 is 5.32 Å². The molecule has 30 heavy (non-hydrogen) atoms. The van der Waals surface area contributed by atoms with Crippen molar-refractivity contribution < 1.29 is 0 Å². The van der Waals surface area contributed by atoms with Crippen molar-refractivity contribution in [2.45, 2.75) is 56.3 Å². The number of rotatable bonds is 10. The molecule has 0 amide bonds. The number of hydrogen-bond acceptors (Lipinski definition) is 3. The van der Waals surface area contributed by atoms with Crippen LogP contribution in [0.5, 0.6) is 0 Å². The van der Waals surface area contributed by atoms with Gasteiger partial charge in [0.25, 0.3) is 0 Å². The lowest BCUT2D eigenvalue weighted by Crippen LogP contribution is -2.42. The van der Waals surface area contributed by atoms with Crippen LogP contribution in [0.1, 0.15) is 49.3 Å². The lowest BCUT2D eigenvalue weighted by atomic mass is 9.72. The first-order valence-electron chi connectivity index (χ1n) is 11.5. The summed E-state index contributed by atoms with van der Waals surface area (Å²) in [6.45, 7) is 12.1. The summed E-state index contributed by atoms with van der Waals surface area (Å²) in [5.41, 5.74) is 5.54. The lowest BCUT2D eigenvalue weighted by molar-refractivity contribution is 0.182. The van der Waals surface area contributed by atoms with Crippen molar-refractivity contribution in [1.29, 1.82) is 0 Å². The number of allylic oxidation sites excluding steroid dienone is 1. The highest BCUT2D eigenvalue weighted by atomic mass is 32.2. The SMILES string of the molecule is C=CC1(c2cc(C)ccc2NC)CCN(CCCc2ccc(SCCC)cc2)CC1. The highest BCUT2D eigenvalue weighted by Gasteiger charge is 2.35. The summed E-state index contributed by atoms with van der Waals surface area (Å²) in [6, 6.07) is 16.0. The topological polar surface area (TPSA) is 15.3 Å². The molecule has 1 N–H and O–H groups in total. The molecule has 162 valence electrons. The molecule has 0 radical (unpaired) electrons. The van der Waals surface area contributed by atoms with Crippen molar-refractivity contribution >= 4 is 17.4 Å². The molecule has 3 rings (SSSR count). The number of piperidine rings is 1. The molecular formula is C27H38N2S. The van der Waals surface area contributed by atoms with Gasteiger partial charge in [0.05, 0.1) is 0 Å². The van der Waals surface area contributed by atoms with E-state index >= 15 is 0 Å². The van der Waals surface area contributed by atoms with Crippen LogP contribution in [0.15, 0.2) is 60.0 Å². The third kappa shape index (κ3) is 5.70. The van der Waals surface area contributed by atoms with E-state index in [4.69, 9.17) is 0 Å². The molecule has 3 heteroatoms. The van der Waals surface area contributed by atoms with Gasteiger partial charge in [-0.1, -0.05) is 42.8 Å². The van der Waals surface area contributed by atoms with Crippen LogP contribution in [0.2, 0.25) is 0 Å². The molecule has 0 aromatic heterocycles. The Kier molecular flexibility index (Phi) is 8.47. The summed E-state index contributed by atoms with van der Waals surface area (Å²) in [5.74, 6) is 1.21. The smallest absolute Gasteiger partial charge is 0.0379 e. The number of anilines is 1. The maximum absolute atomic E-state index is 4.24. The van der Waals surface area contributed by atoms with E-state index in [1.165, 1.54) is 58.8 Å². The van der Waals surface area contributed by atoms with Crippen LogP contribution in [0.4, 0.5) is 5.69 Å². The van der Waals surface area contributed by atoms with Crippen LogP contribution in [-0.4, -0.2) is 37.3 Å². The molecule has 1 aliphatic rings. The molecule has 0 unspecified atom stereocenters. The van der Waals surface area contributed by atoms with E-state index < -0.39 is 0 Å². The fourth-order valence-electron chi connectivity index (χ4n) is 4.53. The fraction of sp³-hybridized carbons (Fsp3) is 0.481. The second-order valence-corrected chi connectivity index (χ2v) is 9.77. The molecule has 2 nitrogen and oxygen atoms in total. The number of benzene rings is 2. The number of nitrogens with one attached hydrogen (secondary N) is 1. The summed E-state index contributed by atoms with van der Waals surface area (Å²) in [6.07, 6.45) is 8.14. The van der Waals surface area contributed by atoms with E-state index in [9.17, 15) is 0 Å². The van der Waals surface area contributed by atoms with Crippen molar-refractivity contribution in [1.82, 2.24) is 4.90 Å². The zero-order valence-corrected chi connectivity index (χ0v) is 19.9. The molecule has 1 saturated heterocycles. The largest absolute Gasteiger partial charge is 0.388 e. The Labute approximate surface area is 188 Å². The monoisotopic (exact) mass is 422 g/mol. The zero-order chi connectivity index (χ0) is 21.4. The van der Waals surface area contributed by atoms with Gasteiger partial charge in [0.15, 0.2) is 0 Å². The second kappa shape index (κ2) is 11.1. The van der Waals surface area contributed by atoms with Crippen molar-refractivity contribution in [2.24, 2.45) is 0 Å². The van der Waals surface area contributed by atoms with Crippen molar-refractivity contribution in [3.8, 4) is 0 Å². The average molecular weight is 423 g/mol. The van der Waals surface area contributed by atoms with Gasteiger partial charge >= 0.3 is 0 Å². The molecule has 1 fully saturated rings. The van der Waals surface area contributed by atoms with Crippen molar-refractivity contribution in [3.05, 3.63) is 71.8 Å². The van der Waals surface area contributed by atoms with Gasteiger partial charge in [-0.15, -0.1) is 18.3 Å². The lowest BCUT2D eigenvalue weighted by Gasteiger charge is -2.41. The Morgan fingerprint density at radius 3 is 2.50 bits per heavy atom. The summed E-state index contributed by atoms with van der Waals surface area (Å²) in [5, 5.41) is 3.40. The molecule has 1 heterocycles. The molecular weight excluding hydrogens is 384 g/mol. The van der Waals surface area contributed by atoms with Gasteiger partial charge in [0.1, 0.15) is 0 Å². The Bertz CT molecular complexity index is 804. The Morgan fingerprint density at radius 1 is 1.13 bits per heavy atom. The maximum atomic E-state index is 4.24. The number of likely N-dealkylation sites (tertiary alicyclic amines) is 1. The highest BCUT2D eigenvalue weighted by Crippen LogP contribution is 2.40. The van der Waals surface area contributed by atoms with Gasteiger partial charge < -0.3 is 10.2 Å². The zero-order valence-electron chi connectivity index (χ0n) is 19.0. The van der Waals surface area contributed by atoms with Gasteiger partial charge in [-0.05, 0) is 93.7 Å². The highest BCUT2D eigenvalue weighted by molar-refractivity contribution is 7.99. The fourth-order valence-corrected chi connectivity index (χ4v) is 5.29. The van der Waals surface area contributed by atoms with E-state index in [1.807, 2.05) is 18.8 Å². The average Bonchev–Trinajstić information content (AvgIpc) is 2.79. The summed E-state index contributed by atoms with van der Waals surface area (Å²) < 4.78 is 0. The first kappa shape index (κ1) is 23.0. The van der Waals surface area contributed by atoms with Gasteiger partial charge in [0, 0.05) is 23.0 Å². The van der Waals surface area contributed by atoms with Gasteiger partial charge in [-0.3, -0.25) is 0 Å². The molecule has 0 spiro atoms. The summed E-state index contributed by atoms with van der Waals surface area (Å²) in [4.78, 5) is 4.04. The standard InChI is InChI=1S/C27H38N2S/c1-5-20-30-24-12-10-23(11-13-24)8-7-17-29-18-15-27(6-2,16-19-29)25-21-22(3)9-14-26(25)28-4/h6,9-14,21,28H,2,5,7-8,15-20H2,1,3-4H3. The van der Waals surface area contributed by atoms with E-state index in [1.54, 1.807) is 0 Å². The predicted molar refractivity (Wildman–Crippen MR) is 134 cm³/mol. The first-order chi connectivity index (χ1) is 14.6. The minimum Gasteiger partial charge on any atom is -0.388 e. The predicted octanol–water partition coefficient (Wildman–Crippen LogP) is 6.69. The summed E-state index contributed by atoms with van der Waals surface area (Å²) >= 11 is 1.96. The van der Waals surface area contributed by atoms with Crippen LogP contribution in [0.25, 0.3) is 0 Å². The number of nitrogens with zero attached hydrogens (tertiary/aromatic N) is 1. The Hall–Kier alpha value is -1.71. The molecule has 2 aromatic rings. The van der Waals surface area contributed by atoms with E-state index in [2.05, 4.69) is 79.2 Å². The van der Waals surface area contributed by atoms with Crippen LogP contribution in [-0.2, 0) is 11.8 Å². The van der Waals surface area contributed by atoms with Crippen LogP contribution >= 0.6 is 11.8 Å². The quantitative estimate of drug-likeness (QED) is 0.339. The van der Waals surface area contributed by atoms with Gasteiger partial charge in [0.2, 0.25) is 0 Å². The third-order valence-corrected chi connectivity index (χ3v) is 7.67. The van der Waals surface area contributed by atoms with Crippen LogP contribution in [0.3, 0.4) is 0 Å². The molecule has 0 aliphatic carbocycles. The minimum absolute atomic E-state index is 0.0901. The van der Waals surface area contributed by atoms with E-state index in [0.717, 1.165) is 25.9 Å². The van der Waals surface area contributed by atoms with E-state index in [-0.39, 0.29) is 5.41 Å². The maximum Gasteiger partial charge on any atom is 0.0379 e. The van der Waals surface area contributed by atoms with Gasteiger partial charge in [-0.25, -0.2) is 0 Å². The Morgan fingerprint density at radius 2 is 1.87 bits per heavy atom. The van der Waals surface area contributed by atoms with Crippen molar-refractivity contribution in [3.63, 3.8) is 0 Å². The minimum atomic E-state index is 0.0901. The molecule has 0 saturated carbocycles. The first-order valence-corrected chi connectivity index (χ1v) is 12.5. The van der Waals surface area contributed by atoms with Crippen molar-refractivity contribution in [2.75, 3.05) is 37.8 Å². The number of thioether (sulfide) groups is 1. The molecule has 0 bridgehead atoms. The van der Waals surface area contributed by atoms with Crippen LogP contribution in [0, 0.1) is 6.92 Å². The third-order valence-electron chi connectivity index (χ3n) is 6.46. The Balaban J connectivity index is 1.51. The molecule has 2 aromatic carbocycles. The normalized spacial score (nSPS) is 16.4. The summed E-state index contributed by atoms with van der Waals surface area (Å²) in [7, 11) is 2.02. The molecule has 0 atom stereocenters. The second-order valence-electron chi connectivity index (χ2n) is 8.60.